The topological polar surface area (TPSA) is 37.8 Å². The molecule has 1 aromatic rings. The van der Waals surface area contributed by atoms with E-state index in [2.05, 4.69) is 21.9 Å². The maximum atomic E-state index is 4.31. The first-order chi connectivity index (χ1) is 7.33. The predicted molar refractivity (Wildman–Crippen MR) is 66.0 cm³/mol. The fourth-order valence-corrected chi connectivity index (χ4v) is 1.75. The van der Waals surface area contributed by atoms with E-state index in [4.69, 9.17) is 0 Å². The van der Waals surface area contributed by atoms with Crippen LogP contribution in [0, 0.1) is 6.92 Å². The highest BCUT2D eigenvalue weighted by molar-refractivity contribution is 7.99. The van der Waals surface area contributed by atoms with E-state index in [9.17, 15) is 0 Å². The van der Waals surface area contributed by atoms with Crippen molar-refractivity contribution in [3.63, 3.8) is 0 Å². The summed E-state index contributed by atoms with van der Waals surface area (Å²) in [4.78, 5) is 8.37. The maximum absolute atomic E-state index is 4.31. The summed E-state index contributed by atoms with van der Waals surface area (Å²) in [6, 6.07) is 1.94. The Bertz CT molecular complexity index is 302. The third-order valence-corrected chi connectivity index (χ3v) is 2.76. The van der Waals surface area contributed by atoms with Gasteiger partial charge < -0.3 is 5.32 Å². The molecule has 0 aliphatic heterocycles. The second kappa shape index (κ2) is 7.43. The van der Waals surface area contributed by atoms with Crippen molar-refractivity contribution in [2.75, 3.05) is 18.1 Å². The molecule has 0 saturated carbocycles. The number of hydrogen-bond acceptors (Lipinski definition) is 4. The Balaban J connectivity index is 2.12. The number of rotatable bonds is 7. The van der Waals surface area contributed by atoms with Gasteiger partial charge in [0.15, 0.2) is 0 Å². The van der Waals surface area contributed by atoms with Gasteiger partial charge in [-0.15, -0.1) is 6.58 Å². The lowest BCUT2D eigenvalue weighted by atomic mass is 10.4. The monoisotopic (exact) mass is 223 g/mol. The standard InChI is InChI=1S/C11H17N3S/c1-3-7-15-8-6-12-9-11-4-5-13-10(2)14-11/h3-5,12H,1,6-9H2,2H3. The fourth-order valence-electron chi connectivity index (χ4n) is 1.13. The minimum absolute atomic E-state index is 0.817. The number of nitrogens with one attached hydrogen (secondary N) is 1. The summed E-state index contributed by atoms with van der Waals surface area (Å²) in [5.74, 6) is 2.96. The van der Waals surface area contributed by atoms with Crippen molar-refractivity contribution in [1.29, 1.82) is 0 Å². The molecule has 1 aromatic heterocycles. The summed E-state index contributed by atoms with van der Waals surface area (Å²) >= 11 is 1.88. The van der Waals surface area contributed by atoms with Gasteiger partial charge in [-0.1, -0.05) is 6.08 Å². The highest BCUT2D eigenvalue weighted by atomic mass is 32.2. The van der Waals surface area contributed by atoms with E-state index in [1.807, 2.05) is 30.8 Å². The Morgan fingerprint density at radius 2 is 2.47 bits per heavy atom. The Labute approximate surface area is 95.4 Å². The quantitative estimate of drug-likeness (QED) is 0.565. The van der Waals surface area contributed by atoms with Crippen molar-refractivity contribution in [3.8, 4) is 0 Å². The Hall–Kier alpha value is -0.870. The van der Waals surface area contributed by atoms with Crippen LogP contribution in [0.4, 0.5) is 0 Å². The molecule has 15 heavy (non-hydrogen) atoms. The molecule has 0 unspecified atom stereocenters. The fraction of sp³-hybridized carbons (Fsp3) is 0.455. The van der Waals surface area contributed by atoms with Crippen LogP contribution in [-0.4, -0.2) is 28.0 Å². The highest BCUT2D eigenvalue weighted by Gasteiger charge is 1.94. The van der Waals surface area contributed by atoms with Crippen LogP contribution in [0.3, 0.4) is 0 Å². The van der Waals surface area contributed by atoms with Crippen LogP contribution in [0.1, 0.15) is 11.5 Å². The first-order valence-corrected chi connectivity index (χ1v) is 6.16. The van der Waals surface area contributed by atoms with Crippen molar-refractivity contribution in [2.45, 2.75) is 13.5 Å². The van der Waals surface area contributed by atoms with Crippen molar-refractivity contribution in [3.05, 3.63) is 36.4 Å². The van der Waals surface area contributed by atoms with Crippen molar-refractivity contribution < 1.29 is 0 Å². The second-order valence-corrected chi connectivity index (χ2v) is 4.29. The third-order valence-electron chi connectivity index (χ3n) is 1.80. The molecular formula is C11H17N3S. The molecule has 0 atom stereocenters. The molecule has 0 aliphatic rings. The zero-order valence-corrected chi connectivity index (χ0v) is 9.89. The van der Waals surface area contributed by atoms with Crippen LogP contribution in [0.25, 0.3) is 0 Å². The number of thioether (sulfide) groups is 1. The molecule has 3 nitrogen and oxygen atoms in total. The van der Waals surface area contributed by atoms with Gasteiger partial charge in [0.2, 0.25) is 0 Å². The molecule has 0 bridgehead atoms. The molecule has 0 aromatic carbocycles. The van der Waals surface area contributed by atoms with Crippen LogP contribution >= 0.6 is 11.8 Å². The Morgan fingerprint density at radius 1 is 1.60 bits per heavy atom. The highest BCUT2D eigenvalue weighted by Crippen LogP contribution is 1.98. The van der Waals surface area contributed by atoms with E-state index in [0.717, 1.165) is 36.1 Å². The summed E-state index contributed by atoms with van der Waals surface area (Å²) < 4.78 is 0. The SMILES string of the molecule is C=CCSCCNCc1ccnc(C)n1. The van der Waals surface area contributed by atoms with Crippen molar-refractivity contribution in [1.82, 2.24) is 15.3 Å². The molecule has 1 N–H and O–H groups in total. The molecule has 0 saturated heterocycles. The predicted octanol–water partition coefficient (Wildman–Crippen LogP) is 1.79. The number of aryl methyl sites for hydroxylation is 1. The average molecular weight is 223 g/mol. The van der Waals surface area contributed by atoms with E-state index in [-0.39, 0.29) is 0 Å². The van der Waals surface area contributed by atoms with Crippen LogP contribution in [0.15, 0.2) is 24.9 Å². The van der Waals surface area contributed by atoms with E-state index < -0.39 is 0 Å². The molecule has 1 heterocycles. The lowest BCUT2D eigenvalue weighted by molar-refractivity contribution is 0.709. The summed E-state index contributed by atoms with van der Waals surface area (Å²) in [6.07, 6.45) is 3.73. The normalized spacial score (nSPS) is 10.2. The summed E-state index contributed by atoms with van der Waals surface area (Å²) in [5, 5.41) is 3.34. The first kappa shape index (κ1) is 12.2. The van der Waals surface area contributed by atoms with Crippen molar-refractivity contribution >= 4 is 11.8 Å². The zero-order chi connectivity index (χ0) is 10.9. The van der Waals surface area contributed by atoms with Crippen LogP contribution in [0.2, 0.25) is 0 Å². The van der Waals surface area contributed by atoms with E-state index >= 15 is 0 Å². The molecular weight excluding hydrogens is 206 g/mol. The van der Waals surface area contributed by atoms with Gasteiger partial charge >= 0.3 is 0 Å². The molecule has 0 radical (unpaired) electrons. The number of aromatic nitrogens is 2. The maximum Gasteiger partial charge on any atom is 0.125 e. The molecule has 0 aliphatic carbocycles. The van der Waals surface area contributed by atoms with Gasteiger partial charge in [0.05, 0.1) is 5.69 Å². The second-order valence-electron chi connectivity index (χ2n) is 3.14. The average Bonchev–Trinajstić information content (AvgIpc) is 2.23. The van der Waals surface area contributed by atoms with E-state index in [1.54, 1.807) is 6.20 Å². The van der Waals surface area contributed by atoms with Gasteiger partial charge in [-0.05, 0) is 13.0 Å². The Kier molecular flexibility index (Phi) is 6.04. The van der Waals surface area contributed by atoms with Crippen LogP contribution in [0.5, 0.6) is 0 Å². The van der Waals surface area contributed by atoms with Crippen molar-refractivity contribution in [2.24, 2.45) is 0 Å². The van der Waals surface area contributed by atoms with Crippen LogP contribution < -0.4 is 5.32 Å². The smallest absolute Gasteiger partial charge is 0.125 e. The summed E-state index contributed by atoms with van der Waals surface area (Å²) in [7, 11) is 0. The van der Waals surface area contributed by atoms with Gasteiger partial charge in [0.25, 0.3) is 0 Å². The largest absolute Gasteiger partial charge is 0.310 e. The minimum atomic E-state index is 0.817. The van der Waals surface area contributed by atoms with Gasteiger partial charge in [-0.25, -0.2) is 9.97 Å². The van der Waals surface area contributed by atoms with E-state index in [1.165, 1.54) is 0 Å². The molecule has 4 heteroatoms. The van der Waals surface area contributed by atoms with Gasteiger partial charge in [-0.3, -0.25) is 0 Å². The summed E-state index contributed by atoms with van der Waals surface area (Å²) in [6.45, 7) is 7.40. The Morgan fingerprint density at radius 3 is 3.20 bits per heavy atom. The molecule has 82 valence electrons. The molecule has 0 fully saturated rings. The summed E-state index contributed by atoms with van der Waals surface area (Å²) in [5.41, 5.74) is 1.05. The first-order valence-electron chi connectivity index (χ1n) is 5.01. The van der Waals surface area contributed by atoms with Crippen LogP contribution in [-0.2, 0) is 6.54 Å². The number of nitrogens with zero attached hydrogens (tertiary/aromatic N) is 2. The number of hydrogen-bond donors (Lipinski definition) is 1. The van der Waals surface area contributed by atoms with E-state index in [0.29, 0.717) is 0 Å². The lowest BCUT2D eigenvalue weighted by Crippen LogP contribution is -2.17. The van der Waals surface area contributed by atoms with Gasteiger partial charge in [-0.2, -0.15) is 11.8 Å². The molecule has 0 amide bonds. The zero-order valence-electron chi connectivity index (χ0n) is 9.07. The minimum Gasteiger partial charge on any atom is -0.310 e. The van der Waals surface area contributed by atoms with Gasteiger partial charge in [0, 0.05) is 30.8 Å². The molecule has 0 spiro atoms. The van der Waals surface area contributed by atoms with Gasteiger partial charge in [0.1, 0.15) is 5.82 Å². The third kappa shape index (κ3) is 5.54. The molecule has 1 rings (SSSR count). The lowest BCUT2D eigenvalue weighted by Gasteiger charge is -2.03.